The summed E-state index contributed by atoms with van der Waals surface area (Å²) in [6.45, 7) is 0. The Kier molecular flexibility index (Phi) is 3.59. The van der Waals surface area contributed by atoms with Gasteiger partial charge in [-0.05, 0) is 45.3 Å². The van der Waals surface area contributed by atoms with Crippen LogP contribution in [0.4, 0.5) is 0 Å². The fraction of sp³-hybridized carbons (Fsp3) is 0.0833. The van der Waals surface area contributed by atoms with Crippen LogP contribution in [0.1, 0.15) is 17.2 Å². The molecule has 0 radical (unpaired) electrons. The van der Waals surface area contributed by atoms with Crippen molar-refractivity contribution < 1.29 is 0 Å². The highest BCUT2D eigenvalue weighted by molar-refractivity contribution is 9.10. The van der Waals surface area contributed by atoms with Gasteiger partial charge in [-0.25, -0.2) is 0 Å². The molecule has 0 saturated heterocycles. The minimum Gasteiger partial charge on any atom is -0.320 e. The smallest absolute Gasteiger partial charge is 0.0567 e. The zero-order valence-electron chi connectivity index (χ0n) is 8.40. The summed E-state index contributed by atoms with van der Waals surface area (Å²) in [4.78, 5) is 4.10. The molecule has 2 rings (SSSR count). The maximum absolute atomic E-state index is 6.13. The van der Waals surface area contributed by atoms with Gasteiger partial charge in [-0.15, -0.1) is 0 Å². The number of pyridine rings is 1. The first kappa shape index (κ1) is 11.6. The molecular formula is C12H10BrClN2. The van der Waals surface area contributed by atoms with Crippen molar-refractivity contribution in [2.75, 3.05) is 0 Å². The summed E-state index contributed by atoms with van der Waals surface area (Å²) >= 11 is 9.20. The van der Waals surface area contributed by atoms with Crippen molar-refractivity contribution in [2.24, 2.45) is 5.73 Å². The molecule has 16 heavy (non-hydrogen) atoms. The molecular weight excluding hydrogens is 288 g/mol. The van der Waals surface area contributed by atoms with E-state index in [1.165, 1.54) is 0 Å². The van der Waals surface area contributed by atoms with Crippen molar-refractivity contribution in [3.05, 3.63) is 63.3 Å². The molecule has 1 aromatic carbocycles. The van der Waals surface area contributed by atoms with E-state index >= 15 is 0 Å². The number of aromatic nitrogens is 1. The molecule has 0 aliphatic heterocycles. The van der Waals surface area contributed by atoms with E-state index in [2.05, 4.69) is 20.9 Å². The number of halogens is 2. The van der Waals surface area contributed by atoms with E-state index in [9.17, 15) is 0 Å². The van der Waals surface area contributed by atoms with Gasteiger partial charge in [0.15, 0.2) is 0 Å². The van der Waals surface area contributed by atoms with Crippen LogP contribution < -0.4 is 5.73 Å². The average Bonchev–Trinajstić information content (AvgIpc) is 2.29. The van der Waals surface area contributed by atoms with Crippen LogP contribution in [0.15, 0.2) is 47.2 Å². The Hall–Kier alpha value is -0.900. The van der Waals surface area contributed by atoms with Gasteiger partial charge in [0, 0.05) is 21.9 Å². The van der Waals surface area contributed by atoms with Crippen molar-refractivity contribution in [1.82, 2.24) is 4.98 Å². The molecule has 0 amide bonds. The summed E-state index contributed by atoms with van der Waals surface area (Å²) < 4.78 is 0.925. The Morgan fingerprint density at radius 1 is 1.12 bits per heavy atom. The lowest BCUT2D eigenvalue weighted by Crippen LogP contribution is -2.11. The molecule has 2 aromatic rings. The van der Waals surface area contributed by atoms with Crippen molar-refractivity contribution in [3.63, 3.8) is 0 Å². The fourth-order valence-electron chi connectivity index (χ4n) is 1.46. The largest absolute Gasteiger partial charge is 0.320 e. The van der Waals surface area contributed by atoms with Crippen LogP contribution >= 0.6 is 27.5 Å². The second-order valence-corrected chi connectivity index (χ2v) is 4.82. The van der Waals surface area contributed by atoms with Crippen LogP contribution in [0.2, 0.25) is 5.02 Å². The summed E-state index contributed by atoms with van der Waals surface area (Å²) in [5.74, 6) is 0. The molecule has 2 N–H and O–H groups in total. The Balaban J connectivity index is 2.31. The Morgan fingerprint density at radius 3 is 2.44 bits per heavy atom. The van der Waals surface area contributed by atoms with Gasteiger partial charge >= 0.3 is 0 Å². The molecule has 0 fully saturated rings. The zero-order chi connectivity index (χ0) is 11.5. The molecule has 1 aromatic heterocycles. The van der Waals surface area contributed by atoms with Gasteiger partial charge < -0.3 is 5.73 Å². The second kappa shape index (κ2) is 4.95. The Labute approximate surface area is 108 Å². The zero-order valence-corrected chi connectivity index (χ0v) is 10.7. The van der Waals surface area contributed by atoms with E-state index in [4.69, 9.17) is 17.3 Å². The summed E-state index contributed by atoms with van der Waals surface area (Å²) in [5, 5.41) is 0.711. The maximum atomic E-state index is 6.13. The summed E-state index contributed by atoms with van der Waals surface area (Å²) in [6.07, 6.45) is 3.50. The molecule has 0 bridgehead atoms. The number of benzene rings is 1. The predicted octanol–water partition coefficient (Wildman–Crippen LogP) is 3.55. The van der Waals surface area contributed by atoms with Crippen molar-refractivity contribution in [1.29, 1.82) is 0 Å². The van der Waals surface area contributed by atoms with Crippen molar-refractivity contribution in [2.45, 2.75) is 6.04 Å². The lowest BCUT2D eigenvalue weighted by Gasteiger charge is -2.12. The van der Waals surface area contributed by atoms with Crippen molar-refractivity contribution in [3.8, 4) is 0 Å². The molecule has 0 aliphatic carbocycles. The van der Waals surface area contributed by atoms with Crippen LogP contribution in [0.5, 0.6) is 0 Å². The normalized spacial score (nSPS) is 12.4. The Bertz CT molecular complexity index is 485. The third-order valence-electron chi connectivity index (χ3n) is 2.31. The van der Waals surface area contributed by atoms with Gasteiger partial charge in [-0.3, -0.25) is 4.98 Å². The van der Waals surface area contributed by atoms with Gasteiger partial charge in [-0.2, -0.15) is 0 Å². The second-order valence-electron chi connectivity index (χ2n) is 3.47. The summed E-state index contributed by atoms with van der Waals surface area (Å²) in [6, 6.07) is 9.31. The minimum atomic E-state index is -0.178. The third kappa shape index (κ3) is 2.61. The van der Waals surface area contributed by atoms with Crippen molar-refractivity contribution >= 4 is 27.5 Å². The number of rotatable bonds is 2. The van der Waals surface area contributed by atoms with Crippen LogP contribution in [-0.4, -0.2) is 4.98 Å². The summed E-state index contributed by atoms with van der Waals surface area (Å²) in [5.41, 5.74) is 8.12. The topological polar surface area (TPSA) is 38.9 Å². The van der Waals surface area contributed by atoms with Gasteiger partial charge in [0.25, 0.3) is 0 Å². The molecule has 0 aliphatic rings. The predicted molar refractivity (Wildman–Crippen MR) is 69.4 cm³/mol. The highest BCUT2D eigenvalue weighted by Gasteiger charge is 2.09. The third-order valence-corrected chi connectivity index (χ3v) is 3.00. The van der Waals surface area contributed by atoms with E-state index < -0.39 is 0 Å². The van der Waals surface area contributed by atoms with E-state index in [0.29, 0.717) is 5.02 Å². The lowest BCUT2D eigenvalue weighted by molar-refractivity contribution is 0.862. The van der Waals surface area contributed by atoms with E-state index in [0.717, 1.165) is 15.6 Å². The Morgan fingerprint density at radius 2 is 1.81 bits per heavy atom. The molecule has 82 valence electrons. The first-order chi connectivity index (χ1) is 7.66. The SMILES string of the molecule is NC(c1ccc(Cl)cc1)c1cncc(Br)c1. The first-order valence-electron chi connectivity index (χ1n) is 4.78. The molecule has 1 unspecified atom stereocenters. The van der Waals surface area contributed by atoms with Gasteiger partial charge in [0.1, 0.15) is 0 Å². The summed E-state index contributed by atoms with van der Waals surface area (Å²) in [7, 11) is 0. The highest BCUT2D eigenvalue weighted by Crippen LogP contribution is 2.22. The van der Waals surface area contributed by atoms with Gasteiger partial charge in [-0.1, -0.05) is 23.7 Å². The van der Waals surface area contributed by atoms with Gasteiger partial charge in [0.05, 0.1) is 6.04 Å². The molecule has 2 nitrogen and oxygen atoms in total. The number of hydrogen-bond acceptors (Lipinski definition) is 2. The minimum absolute atomic E-state index is 0.178. The monoisotopic (exact) mass is 296 g/mol. The first-order valence-corrected chi connectivity index (χ1v) is 5.95. The quantitative estimate of drug-likeness (QED) is 0.921. The standard InChI is InChI=1S/C12H10BrClN2/c13-10-5-9(6-16-7-10)12(15)8-1-3-11(14)4-2-8/h1-7,12H,15H2. The maximum Gasteiger partial charge on any atom is 0.0567 e. The average molecular weight is 298 g/mol. The number of nitrogens with two attached hydrogens (primary N) is 1. The van der Waals surface area contributed by atoms with E-state index in [1.807, 2.05) is 30.3 Å². The molecule has 1 heterocycles. The van der Waals surface area contributed by atoms with E-state index in [-0.39, 0.29) is 6.04 Å². The van der Waals surface area contributed by atoms with Gasteiger partial charge in [0.2, 0.25) is 0 Å². The fourth-order valence-corrected chi connectivity index (χ4v) is 1.97. The van der Waals surface area contributed by atoms with Crippen LogP contribution in [0, 0.1) is 0 Å². The van der Waals surface area contributed by atoms with Crippen LogP contribution in [0.25, 0.3) is 0 Å². The van der Waals surface area contributed by atoms with Crippen LogP contribution in [-0.2, 0) is 0 Å². The lowest BCUT2D eigenvalue weighted by atomic mass is 10.0. The molecule has 0 spiro atoms. The van der Waals surface area contributed by atoms with E-state index in [1.54, 1.807) is 12.4 Å². The number of nitrogens with zero attached hydrogens (tertiary/aromatic N) is 1. The molecule has 4 heteroatoms. The molecule has 1 atom stereocenters. The van der Waals surface area contributed by atoms with Crippen LogP contribution in [0.3, 0.4) is 0 Å². The highest BCUT2D eigenvalue weighted by atomic mass is 79.9. The number of hydrogen-bond donors (Lipinski definition) is 1. The molecule has 0 saturated carbocycles.